The van der Waals surface area contributed by atoms with Crippen molar-refractivity contribution in [3.8, 4) is 0 Å². The molecule has 0 aliphatic carbocycles. The zero-order valence-corrected chi connectivity index (χ0v) is 11.1. The molecule has 1 aromatic carbocycles. The molecule has 0 aliphatic heterocycles. The number of hydrogen-bond acceptors (Lipinski definition) is 4. The number of thioether (sulfide) groups is 1. The van der Waals surface area contributed by atoms with Gasteiger partial charge in [0.15, 0.2) is 5.16 Å². The van der Waals surface area contributed by atoms with E-state index in [-0.39, 0.29) is 23.3 Å². The van der Waals surface area contributed by atoms with E-state index in [1.807, 2.05) is 0 Å². The van der Waals surface area contributed by atoms with Crippen LogP contribution in [0.2, 0.25) is 0 Å². The van der Waals surface area contributed by atoms with E-state index in [1.165, 1.54) is 18.3 Å². The van der Waals surface area contributed by atoms with Gasteiger partial charge in [-0.05, 0) is 6.07 Å². The van der Waals surface area contributed by atoms with Gasteiger partial charge in [-0.15, -0.1) is 0 Å². The third-order valence-electron chi connectivity index (χ3n) is 2.47. The maximum absolute atomic E-state index is 13.6. The minimum atomic E-state index is -1.01. The van der Waals surface area contributed by atoms with Gasteiger partial charge in [0.25, 0.3) is 5.56 Å². The molecule has 7 heteroatoms. The highest BCUT2D eigenvalue weighted by Crippen LogP contribution is 2.16. The smallest absolute Gasteiger partial charge is 0.313 e. The van der Waals surface area contributed by atoms with Gasteiger partial charge in [0.2, 0.25) is 0 Å². The second-order valence-corrected chi connectivity index (χ2v) is 4.89. The summed E-state index contributed by atoms with van der Waals surface area (Å²) in [5.41, 5.74) is -0.0159. The average Bonchev–Trinajstić information content (AvgIpc) is 2.41. The van der Waals surface area contributed by atoms with Gasteiger partial charge in [-0.2, -0.15) is 4.98 Å². The van der Waals surface area contributed by atoms with Crippen LogP contribution in [0.25, 0.3) is 0 Å². The zero-order valence-electron chi connectivity index (χ0n) is 10.3. The minimum Gasteiger partial charge on any atom is -0.481 e. The number of aromatic nitrogens is 2. The Kier molecular flexibility index (Phi) is 4.52. The van der Waals surface area contributed by atoms with Gasteiger partial charge >= 0.3 is 5.97 Å². The summed E-state index contributed by atoms with van der Waals surface area (Å²) in [5.74, 6) is -1.58. The van der Waals surface area contributed by atoms with Gasteiger partial charge in [0.05, 0.1) is 12.3 Å². The summed E-state index contributed by atoms with van der Waals surface area (Å²) in [4.78, 5) is 25.6. The van der Waals surface area contributed by atoms with Crippen LogP contribution in [0.1, 0.15) is 5.56 Å². The first kappa shape index (κ1) is 14.3. The van der Waals surface area contributed by atoms with Crippen LogP contribution in [-0.4, -0.2) is 26.4 Å². The van der Waals surface area contributed by atoms with Crippen LogP contribution in [0.15, 0.2) is 46.5 Å². The molecule has 0 atom stereocenters. The molecule has 1 N–H and O–H groups in total. The third-order valence-corrected chi connectivity index (χ3v) is 3.45. The van der Waals surface area contributed by atoms with Crippen molar-refractivity contribution in [2.24, 2.45) is 0 Å². The van der Waals surface area contributed by atoms with Crippen molar-refractivity contribution in [2.45, 2.75) is 11.7 Å². The molecule has 5 nitrogen and oxygen atoms in total. The van der Waals surface area contributed by atoms with E-state index >= 15 is 0 Å². The van der Waals surface area contributed by atoms with Gasteiger partial charge < -0.3 is 9.67 Å². The van der Waals surface area contributed by atoms with Gasteiger partial charge in [-0.25, -0.2) is 4.39 Å². The molecule has 0 unspecified atom stereocenters. The number of nitrogens with zero attached hydrogens (tertiary/aromatic N) is 2. The summed E-state index contributed by atoms with van der Waals surface area (Å²) in [5, 5.41) is 8.93. The van der Waals surface area contributed by atoms with Crippen molar-refractivity contribution in [2.75, 3.05) is 5.75 Å². The summed E-state index contributed by atoms with van der Waals surface area (Å²) in [6, 6.07) is 7.52. The minimum absolute atomic E-state index is 0.182. The molecular weight excluding hydrogens is 283 g/mol. The Balaban J connectivity index is 2.29. The van der Waals surface area contributed by atoms with E-state index < -0.39 is 11.5 Å². The number of rotatable bonds is 5. The highest BCUT2D eigenvalue weighted by atomic mass is 32.2. The summed E-state index contributed by atoms with van der Waals surface area (Å²) >= 11 is 0.924. The fourth-order valence-corrected chi connectivity index (χ4v) is 2.28. The fourth-order valence-electron chi connectivity index (χ4n) is 1.59. The molecule has 0 bridgehead atoms. The number of carboxylic acid groups (broad SMARTS) is 1. The van der Waals surface area contributed by atoms with Crippen molar-refractivity contribution in [3.63, 3.8) is 0 Å². The fraction of sp³-hybridized carbons (Fsp3) is 0.154. The number of carboxylic acids is 1. The molecule has 20 heavy (non-hydrogen) atoms. The molecule has 1 aromatic heterocycles. The normalized spacial score (nSPS) is 10.4. The van der Waals surface area contributed by atoms with Gasteiger partial charge in [0, 0.05) is 17.8 Å². The first-order valence-corrected chi connectivity index (χ1v) is 6.70. The molecule has 2 rings (SSSR count). The molecule has 0 saturated heterocycles. The van der Waals surface area contributed by atoms with Crippen LogP contribution >= 0.6 is 11.8 Å². The number of carbonyl (C=O) groups is 1. The van der Waals surface area contributed by atoms with Crippen LogP contribution in [0.4, 0.5) is 4.39 Å². The van der Waals surface area contributed by atoms with Gasteiger partial charge in [-0.3, -0.25) is 9.59 Å². The number of benzene rings is 1. The molecule has 0 saturated carbocycles. The number of hydrogen-bond donors (Lipinski definition) is 1. The summed E-state index contributed by atoms with van der Waals surface area (Å²) in [6.07, 6.45) is 1.48. The van der Waals surface area contributed by atoms with E-state index in [4.69, 9.17) is 5.11 Å². The van der Waals surface area contributed by atoms with Crippen LogP contribution in [0.5, 0.6) is 0 Å². The standard InChI is InChI=1S/C13H11FN2O3S/c14-10-4-2-1-3-9(10)7-16-6-5-11(17)15-13(16)20-8-12(18)19/h1-6H,7-8H2,(H,18,19). The maximum atomic E-state index is 13.6. The topological polar surface area (TPSA) is 72.2 Å². The predicted molar refractivity (Wildman–Crippen MR) is 72.4 cm³/mol. The lowest BCUT2D eigenvalue weighted by Crippen LogP contribution is -2.15. The summed E-state index contributed by atoms with van der Waals surface area (Å²) in [7, 11) is 0. The average molecular weight is 294 g/mol. The van der Waals surface area contributed by atoms with E-state index in [1.54, 1.807) is 22.8 Å². The molecular formula is C13H11FN2O3S. The third kappa shape index (κ3) is 3.67. The Labute approximate surface area is 118 Å². The lowest BCUT2D eigenvalue weighted by atomic mass is 10.2. The van der Waals surface area contributed by atoms with E-state index in [0.717, 1.165) is 11.8 Å². The highest BCUT2D eigenvalue weighted by Gasteiger charge is 2.09. The lowest BCUT2D eigenvalue weighted by Gasteiger charge is -2.11. The first-order chi connectivity index (χ1) is 9.56. The lowest BCUT2D eigenvalue weighted by molar-refractivity contribution is -0.133. The Morgan fingerprint density at radius 1 is 1.35 bits per heavy atom. The van der Waals surface area contributed by atoms with Crippen molar-refractivity contribution >= 4 is 17.7 Å². The molecule has 0 radical (unpaired) electrons. The van der Waals surface area contributed by atoms with Crippen molar-refractivity contribution in [1.82, 2.24) is 9.55 Å². The van der Waals surface area contributed by atoms with Gasteiger partial charge in [0.1, 0.15) is 5.82 Å². The molecule has 1 heterocycles. The van der Waals surface area contributed by atoms with E-state index in [0.29, 0.717) is 5.56 Å². The second kappa shape index (κ2) is 6.33. The summed E-state index contributed by atoms with van der Waals surface area (Å²) in [6.45, 7) is 0.182. The SMILES string of the molecule is O=C(O)CSc1nc(=O)ccn1Cc1ccccc1F. The largest absolute Gasteiger partial charge is 0.481 e. The molecule has 104 valence electrons. The predicted octanol–water partition coefficient (Wildman–Crippen LogP) is 1.61. The zero-order chi connectivity index (χ0) is 14.5. The maximum Gasteiger partial charge on any atom is 0.313 e. The quantitative estimate of drug-likeness (QED) is 0.670. The molecule has 0 aliphatic rings. The molecule has 2 aromatic rings. The molecule has 0 fully saturated rings. The van der Waals surface area contributed by atoms with E-state index in [9.17, 15) is 14.0 Å². The second-order valence-electron chi connectivity index (χ2n) is 3.95. The van der Waals surface area contributed by atoms with Crippen LogP contribution in [0, 0.1) is 5.82 Å². The van der Waals surface area contributed by atoms with E-state index in [2.05, 4.69) is 4.98 Å². The Morgan fingerprint density at radius 2 is 2.10 bits per heavy atom. The number of halogens is 1. The Bertz CT molecular complexity index is 687. The van der Waals surface area contributed by atoms with Crippen LogP contribution in [0.3, 0.4) is 0 Å². The Hall–Kier alpha value is -2.15. The molecule has 0 amide bonds. The number of aliphatic carboxylic acids is 1. The van der Waals surface area contributed by atoms with Crippen molar-refractivity contribution < 1.29 is 14.3 Å². The first-order valence-electron chi connectivity index (χ1n) is 5.72. The monoisotopic (exact) mass is 294 g/mol. The molecule has 0 spiro atoms. The van der Waals surface area contributed by atoms with Crippen LogP contribution < -0.4 is 5.56 Å². The van der Waals surface area contributed by atoms with Crippen molar-refractivity contribution in [3.05, 3.63) is 58.3 Å². The summed E-state index contributed by atoms with van der Waals surface area (Å²) < 4.78 is 15.2. The van der Waals surface area contributed by atoms with Gasteiger partial charge in [-0.1, -0.05) is 30.0 Å². The Morgan fingerprint density at radius 3 is 2.80 bits per heavy atom. The van der Waals surface area contributed by atoms with Crippen molar-refractivity contribution in [1.29, 1.82) is 0 Å². The highest BCUT2D eigenvalue weighted by molar-refractivity contribution is 7.99. The van der Waals surface area contributed by atoms with Crippen LogP contribution in [-0.2, 0) is 11.3 Å².